The third-order valence-electron chi connectivity index (χ3n) is 3.88. The van der Waals surface area contributed by atoms with Gasteiger partial charge in [0.15, 0.2) is 0 Å². The number of amidine groups is 1. The highest BCUT2D eigenvalue weighted by molar-refractivity contribution is 6.42. The van der Waals surface area contributed by atoms with Crippen molar-refractivity contribution in [1.29, 1.82) is 0 Å². The number of nitrogens with one attached hydrogen (secondary N) is 2. The van der Waals surface area contributed by atoms with Crippen molar-refractivity contribution in [2.24, 2.45) is 16.8 Å². The van der Waals surface area contributed by atoms with Gasteiger partial charge < -0.3 is 16.4 Å². The Balaban J connectivity index is 1.83. The predicted molar refractivity (Wildman–Crippen MR) is 104 cm³/mol. The van der Waals surface area contributed by atoms with Crippen molar-refractivity contribution in [3.8, 4) is 0 Å². The zero-order chi connectivity index (χ0) is 19.1. The summed E-state index contributed by atoms with van der Waals surface area (Å²) < 4.78 is 0. The fourth-order valence-electron chi connectivity index (χ4n) is 2.47. The lowest BCUT2D eigenvalue weighted by Crippen LogP contribution is -2.34. The first-order valence-corrected chi connectivity index (χ1v) is 9.24. The zero-order valence-electron chi connectivity index (χ0n) is 14.6. The Morgan fingerprint density at radius 1 is 1.27 bits per heavy atom. The Labute approximate surface area is 162 Å². The largest absolute Gasteiger partial charge is 0.356 e. The summed E-state index contributed by atoms with van der Waals surface area (Å²) in [6.45, 7) is 3.40. The summed E-state index contributed by atoms with van der Waals surface area (Å²) in [7, 11) is 0. The van der Waals surface area contributed by atoms with Crippen LogP contribution in [-0.2, 0) is 9.59 Å². The Morgan fingerprint density at radius 3 is 2.73 bits per heavy atom. The van der Waals surface area contributed by atoms with Gasteiger partial charge in [-0.2, -0.15) is 5.10 Å². The van der Waals surface area contributed by atoms with Crippen LogP contribution in [0.25, 0.3) is 0 Å². The summed E-state index contributed by atoms with van der Waals surface area (Å²) in [4.78, 5) is 23.4. The number of hydrogen-bond donors (Lipinski definition) is 3. The van der Waals surface area contributed by atoms with Crippen molar-refractivity contribution >= 4 is 46.5 Å². The molecule has 0 fully saturated rings. The zero-order valence-corrected chi connectivity index (χ0v) is 16.1. The van der Waals surface area contributed by atoms with Crippen LogP contribution in [0.15, 0.2) is 23.3 Å². The number of amides is 2. The number of carbonyl (C=O) groups excluding carboxylic acids is 2. The van der Waals surface area contributed by atoms with E-state index in [9.17, 15) is 9.59 Å². The molecular weight excluding hydrogens is 377 g/mol. The Kier molecular flexibility index (Phi) is 7.68. The van der Waals surface area contributed by atoms with Crippen LogP contribution in [0.2, 0.25) is 10.0 Å². The lowest BCUT2D eigenvalue weighted by molar-refractivity contribution is -0.122. The highest BCUT2D eigenvalue weighted by Gasteiger charge is 2.25. The molecule has 0 saturated heterocycles. The number of nitrogens with zero attached hydrogens (tertiary/aromatic N) is 2. The van der Waals surface area contributed by atoms with E-state index in [0.717, 1.165) is 5.69 Å². The molecular formula is C17H23Cl2N5O2. The number of nitrogens with two attached hydrogens (primary N) is 1. The summed E-state index contributed by atoms with van der Waals surface area (Å²) >= 11 is 12.0. The second-order valence-electron chi connectivity index (χ2n) is 6.11. The maximum absolute atomic E-state index is 12.1. The summed E-state index contributed by atoms with van der Waals surface area (Å²) in [6, 6.07) is 5.29. The number of hydrogen-bond acceptors (Lipinski definition) is 5. The van der Waals surface area contributed by atoms with E-state index in [0.29, 0.717) is 54.8 Å². The molecule has 1 unspecified atom stereocenters. The molecule has 0 bridgehead atoms. The van der Waals surface area contributed by atoms with Gasteiger partial charge in [-0.3, -0.25) is 14.6 Å². The maximum Gasteiger partial charge on any atom is 0.225 e. The van der Waals surface area contributed by atoms with Crippen LogP contribution >= 0.6 is 23.2 Å². The number of anilines is 1. The number of rotatable bonds is 7. The van der Waals surface area contributed by atoms with Gasteiger partial charge in [0.1, 0.15) is 5.84 Å². The second-order valence-corrected chi connectivity index (χ2v) is 6.92. The van der Waals surface area contributed by atoms with E-state index in [1.807, 2.05) is 13.0 Å². The smallest absolute Gasteiger partial charge is 0.225 e. The molecule has 1 aliphatic rings. The summed E-state index contributed by atoms with van der Waals surface area (Å²) in [6.07, 6.45) is 1.16. The van der Waals surface area contributed by atoms with Gasteiger partial charge in [0.25, 0.3) is 0 Å². The highest BCUT2D eigenvalue weighted by atomic mass is 35.5. The molecule has 1 atom stereocenters. The lowest BCUT2D eigenvalue weighted by atomic mass is 10.1. The van der Waals surface area contributed by atoms with E-state index >= 15 is 0 Å². The van der Waals surface area contributed by atoms with Crippen molar-refractivity contribution < 1.29 is 9.59 Å². The molecule has 0 radical (unpaired) electrons. The third kappa shape index (κ3) is 5.86. The molecule has 142 valence electrons. The van der Waals surface area contributed by atoms with Gasteiger partial charge >= 0.3 is 0 Å². The number of halogens is 2. The number of carbonyl (C=O) groups is 2. The first kappa shape index (κ1) is 20.5. The summed E-state index contributed by atoms with van der Waals surface area (Å²) in [5.41, 5.74) is 6.12. The Bertz CT molecular complexity index is 696. The first-order valence-electron chi connectivity index (χ1n) is 8.48. The van der Waals surface area contributed by atoms with E-state index in [4.69, 9.17) is 28.9 Å². The predicted octanol–water partition coefficient (Wildman–Crippen LogP) is 2.12. The van der Waals surface area contributed by atoms with Crippen LogP contribution < -0.4 is 21.4 Å². The van der Waals surface area contributed by atoms with Crippen molar-refractivity contribution in [3.05, 3.63) is 28.2 Å². The van der Waals surface area contributed by atoms with Crippen LogP contribution in [0.3, 0.4) is 0 Å². The molecule has 0 aliphatic carbocycles. The summed E-state index contributed by atoms with van der Waals surface area (Å²) in [5, 5.41) is 12.8. The van der Waals surface area contributed by atoms with Gasteiger partial charge in [-0.05, 0) is 24.6 Å². The van der Waals surface area contributed by atoms with E-state index < -0.39 is 0 Å². The monoisotopic (exact) mass is 399 g/mol. The molecule has 1 aromatic rings. The van der Waals surface area contributed by atoms with Gasteiger partial charge in [-0.25, -0.2) is 0 Å². The topological polar surface area (TPSA) is 99.8 Å². The number of benzene rings is 1. The molecule has 9 heteroatoms. The fourth-order valence-corrected chi connectivity index (χ4v) is 2.77. The van der Waals surface area contributed by atoms with E-state index in [-0.39, 0.29) is 17.7 Å². The normalized spacial score (nSPS) is 16.4. The minimum atomic E-state index is -0.125. The van der Waals surface area contributed by atoms with E-state index in [1.165, 1.54) is 0 Å². The van der Waals surface area contributed by atoms with Crippen molar-refractivity contribution in [3.63, 3.8) is 0 Å². The molecule has 2 amide bonds. The van der Waals surface area contributed by atoms with Crippen LogP contribution in [0.5, 0.6) is 0 Å². The highest BCUT2D eigenvalue weighted by Crippen LogP contribution is 2.29. The quantitative estimate of drug-likeness (QED) is 0.611. The van der Waals surface area contributed by atoms with Gasteiger partial charge in [0.05, 0.1) is 22.3 Å². The van der Waals surface area contributed by atoms with Gasteiger partial charge in [0.2, 0.25) is 11.8 Å². The molecule has 0 spiro atoms. The Morgan fingerprint density at radius 2 is 2.04 bits per heavy atom. The molecule has 0 saturated carbocycles. The summed E-state index contributed by atoms with van der Waals surface area (Å²) in [5.74, 6) is 0.476. The van der Waals surface area contributed by atoms with Crippen molar-refractivity contribution in [2.75, 3.05) is 24.6 Å². The average molecular weight is 400 g/mol. The molecule has 1 aromatic carbocycles. The minimum Gasteiger partial charge on any atom is -0.356 e. The van der Waals surface area contributed by atoms with Crippen LogP contribution in [0.1, 0.15) is 26.2 Å². The standard InChI is InChI=1S/C17H23Cl2N5O2/c1-11-10-24(12-4-5-13(18)14(19)9-12)23-17(11)22-16(26)3-2-8-21-15(25)6-7-20/h4-5,9,11H,2-3,6-8,10,20H2,1H3,(H,21,25)(H,22,23,26). The average Bonchev–Trinajstić information content (AvgIpc) is 2.95. The van der Waals surface area contributed by atoms with Crippen molar-refractivity contribution in [2.45, 2.75) is 26.2 Å². The van der Waals surface area contributed by atoms with Crippen LogP contribution in [0, 0.1) is 5.92 Å². The van der Waals surface area contributed by atoms with Crippen LogP contribution in [-0.4, -0.2) is 37.3 Å². The molecule has 2 rings (SSSR count). The molecule has 26 heavy (non-hydrogen) atoms. The fraction of sp³-hybridized carbons (Fsp3) is 0.471. The molecule has 4 N–H and O–H groups in total. The molecule has 0 aromatic heterocycles. The SMILES string of the molecule is CC1CN(c2ccc(Cl)c(Cl)c2)N=C1NC(=O)CCCNC(=O)CCN. The molecule has 1 aliphatic heterocycles. The molecule has 1 heterocycles. The van der Waals surface area contributed by atoms with E-state index in [2.05, 4.69) is 15.7 Å². The van der Waals surface area contributed by atoms with Crippen LogP contribution in [0.4, 0.5) is 5.69 Å². The Hall–Kier alpha value is -1.83. The van der Waals surface area contributed by atoms with Crippen molar-refractivity contribution in [1.82, 2.24) is 10.6 Å². The van der Waals surface area contributed by atoms with Gasteiger partial charge in [-0.15, -0.1) is 0 Å². The maximum atomic E-state index is 12.1. The lowest BCUT2D eigenvalue weighted by Gasteiger charge is -2.14. The number of hydrazone groups is 1. The van der Waals surface area contributed by atoms with Gasteiger partial charge in [-0.1, -0.05) is 30.1 Å². The first-order chi connectivity index (χ1) is 12.4. The van der Waals surface area contributed by atoms with Gasteiger partial charge in [0, 0.05) is 31.8 Å². The van der Waals surface area contributed by atoms with E-state index in [1.54, 1.807) is 17.1 Å². The minimum absolute atomic E-state index is 0.0812. The third-order valence-corrected chi connectivity index (χ3v) is 4.62. The molecule has 7 nitrogen and oxygen atoms in total. The second kappa shape index (κ2) is 9.75.